The molecule has 0 aliphatic heterocycles. The maximum absolute atomic E-state index is 2.59. The number of para-hydroxylation sites is 1. The second kappa shape index (κ2) is 11.7. The Morgan fingerprint density at radius 3 is 2.27 bits per heavy atom. The van der Waals surface area contributed by atoms with Crippen molar-refractivity contribution in [1.29, 1.82) is 0 Å². The van der Waals surface area contributed by atoms with Gasteiger partial charge in [0, 0.05) is 27.8 Å². The third-order valence-corrected chi connectivity index (χ3v) is 12.5. The molecular formula is C53H38N2. The molecule has 1 heterocycles. The van der Waals surface area contributed by atoms with E-state index in [1.54, 1.807) is 0 Å². The molecule has 0 amide bonds. The number of anilines is 2. The van der Waals surface area contributed by atoms with E-state index < -0.39 is 0 Å². The van der Waals surface area contributed by atoms with Gasteiger partial charge in [0.1, 0.15) is 0 Å². The highest BCUT2D eigenvalue weighted by Crippen LogP contribution is 2.52. The zero-order chi connectivity index (χ0) is 36.2. The molecule has 2 heteroatoms. The SMILES string of the molecule is CC1C=Cc2cc(-n3c4ccccc4c4ccc(N(c5ccc6ccccc6c5)C5C=C6C(=CC5)c5c7ccccc7cc7cccc6c57)cc43)ccc2C1. The van der Waals surface area contributed by atoms with E-state index >= 15 is 0 Å². The Hall–Kier alpha value is -6.64. The summed E-state index contributed by atoms with van der Waals surface area (Å²) in [6, 6.07) is 57.0. The Morgan fingerprint density at radius 2 is 1.35 bits per heavy atom. The van der Waals surface area contributed by atoms with Crippen molar-refractivity contribution in [3.63, 3.8) is 0 Å². The minimum atomic E-state index is 0.113. The summed E-state index contributed by atoms with van der Waals surface area (Å²) in [5, 5.41) is 10.4. The summed E-state index contributed by atoms with van der Waals surface area (Å²) in [6.45, 7) is 2.30. The van der Waals surface area contributed by atoms with Gasteiger partial charge in [-0.25, -0.2) is 0 Å². The van der Waals surface area contributed by atoms with Gasteiger partial charge < -0.3 is 9.47 Å². The van der Waals surface area contributed by atoms with Crippen molar-refractivity contribution in [3.05, 3.63) is 192 Å². The molecule has 2 unspecified atom stereocenters. The number of fused-ring (bicyclic) bond motifs is 10. The first-order valence-electron chi connectivity index (χ1n) is 19.7. The standard InChI is InChI=1S/C53H38N2/c1-33-17-18-37-30-41(22-20-36(37)27-33)55-50-16-7-6-14-45(50)46-25-23-43(32-51(46)55)54(40-21-19-34-9-2-3-10-35(34)29-40)42-24-26-48-49(31-42)47-15-8-12-39-28-38-11-4-5-13-44(38)53(48)52(39)47/h2-23,25-26,28-33,42H,24,27H2,1H3. The number of hydrogen-bond donors (Lipinski definition) is 0. The summed E-state index contributed by atoms with van der Waals surface area (Å²) in [5.41, 5.74) is 14.3. The molecule has 0 bridgehead atoms. The molecule has 260 valence electrons. The van der Waals surface area contributed by atoms with Crippen LogP contribution in [0.25, 0.3) is 77.0 Å². The molecule has 55 heavy (non-hydrogen) atoms. The number of allylic oxidation sites excluding steroid dienone is 3. The van der Waals surface area contributed by atoms with Crippen molar-refractivity contribution in [2.24, 2.45) is 5.92 Å². The molecule has 0 saturated carbocycles. The van der Waals surface area contributed by atoms with Crippen LogP contribution in [-0.2, 0) is 6.42 Å². The summed E-state index contributed by atoms with van der Waals surface area (Å²) in [7, 11) is 0. The van der Waals surface area contributed by atoms with E-state index in [0.29, 0.717) is 5.92 Å². The average molecular weight is 703 g/mol. The Balaban J connectivity index is 1.07. The quantitative estimate of drug-likeness (QED) is 0.166. The normalized spacial score (nSPS) is 17.2. The van der Waals surface area contributed by atoms with Gasteiger partial charge >= 0.3 is 0 Å². The fourth-order valence-corrected chi connectivity index (χ4v) is 9.97. The second-order valence-corrected chi connectivity index (χ2v) is 15.8. The van der Waals surface area contributed by atoms with E-state index in [4.69, 9.17) is 0 Å². The molecule has 2 nitrogen and oxygen atoms in total. The van der Waals surface area contributed by atoms with Gasteiger partial charge in [0.2, 0.25) is 0 Å². The number of aromatic nitrogens is 1. The molecule has 1 aromatic heterocycles. The van der Waals surface area contributed by atoms with Crippen LogP contribution in [0, 0.1) is 5.92 Å². The van der Waals surface area contributed by atoms with Gasteiger partial charge in [-0.05, 0) is 133 Å². The monoisotopic (exact) mass is 702 g/mol. The molecule has 0 spiro atoms. The highest BCUT2D eigenvalue weighted by molar-refractivity contribution is 6.28. The zero-order valence-electron chi connectivity index (χ0n) is 30.7. The molecule has 3 aliphatic carbocycles. The maximum Gasteiger partial charge on any atom is 0.0566 e. The Bertz CT molecular complexity index is 3190. The van der Waals surface area contributed by atoms with E-state index in [0.717, 1.165) is 12.8 Å². The largest absolute Gasteiger partial charge is 0.334 e. The van der Waals surface area contributed by atoms with Gasteiger partial charge in [0.25, 0.3) is 0 Å². The van der Waals surface area contributed by atoms with Crippen molar-refractivity contribution in [2.75, 3.05) is 4.90 Å². The molecular weight excluding hydrogens is 665 g/mol. The first-order chi connectivity index (χ1) is 27.2. The van der Waals surface area contributed by atoms with Gasteiger partial charge in [0.15, 0.2) is 0 Å². The first-order valence-corrected chi connectivity index (χ1v) is 19.7. The van der Waals surface area contributed by atoms with Crippen LogP contribution in [-0.4, -0.2) is 10.6 Å². The van der Waals surface area contributed by atoms with Crippen molar-refractivity contribution in [3.8, 4) is 5.69 Å². The third-order valence-electron chi connectivity index (χ3n) is 12.5. The number of nitrogens with zero attached hydrogens (tertiary/aromatic N) is 2. The average Bonchev–Trinajstić information content (AvgIpc) is 3.74. The summed E-state index contributed by atoms with van der Waals surface area (Å²) in [4.78, 5) is 2.59. The van der Waals surface area contributed by atoms with Crippen LogP contribution in [0.4, 0.5) is 11.4 Å². The van der Waals surface area contributed by atoms with Gasteiger partial charge in [-0.2, -0.15) is 0 Å². The molecule has 8 aromatic carbocycles. The van der Waals surface area contributed by atoms with Crippen molar-refractivity contribution in [2.45, 2.75) is 25.8 Å². The number of hydrogen-bond acceptors (Lipinski definition) is 1. The van der Waals surface area contributed by atoms with E-state index in [-0.39, 0.29) is 6.04 Å². The summed E-state index contributed by atoms with van der Waals surface area (Å²) in [6.07, 6.45) is 11.7. The first kappa shape index (κ1) is 30.8. The fraction of sp³-hybridized carbons (Fsp3) is 0.0943. The Labute approximate surface area is 320 Å². The molecule has 2 atom stereocenters. The smallest absolute Gasteiger partial charge is 0.0566 e. The molecule has 0 radical (unpaired) electrons. The molecule has 0 saturated heterocycles. The van der Waals surface area contributed by atoms with E-state index in [9.17, 15) is 0 Å². The maximum atomic E-state index is 2.59. The van der Waals surface area contributed by atoms with Gasteiger partial charge in [0.05, 0.1) is 17.1 Å². The van der Waals surface area contributed by atoms with Gasteiger partial charge in [-0.15, -0.1) is 0 Å². The van der Waals surface area contributed by atoms with Crippen LogP contribution in [0.1, 0.15) is 35.6 Å². The predicted octanol–water partition coefficient (Wildman–Crippen LogP) is 13.8. The van der Waals surface area contributed by atoms with Crippen LogP contribution < -0.4 is 4.90 Å². The predicted molar refractivity (Wildman–Crippen MR) is 235 cm³/mol. The van der Waals surface area contributed by atoms with Crippen LogP contribution in [0.2, 0.25) is 0 Å². The summed E-state index contributed by atoms with van der Waals surface area (Å²) in [5.74, 6) is 0.571. The zero-order valence-corrected chi connectivity index (χ0v) is 30.7. The lowest BCUT2D eigenvalue weighted by Gasteiger charge is -2.34. The second-order valence-electron chi connectivity index (χ2n) is 15.8. The minimum absolute atomic E-state index is 0.113. The van der Waals surface area contributed by atoms with Crippen LogP contribution in [0.15, 0.2) is 170 Å². The molecule has 12 rings (SSSR count). The molecule has 9 aromatic rings. The Kier molecular flexibility index (Phi) is 6.54. The highest BCUT2D eigenvalue weighted by Gasteiger charge is 2.32. The van der Waals surface area contributed by atoms with Crippen LogP contribution in [0.5, 0.6) is 0 Å². The Morgan fingerprint density at radius 1 is 0.582 bits per heavy atom. The lowest BCUT2D eigenvalue weighted by Crippen LogP contribution is -2.30. The van der Waals surface area contributed by atoms with E-state index in [1.165, 1.54) is 105 Å². The van der Waals surface area contributed by atoms with Crippen LogP contribution in [0.3, 0.4) is 0 Å². The molecule has 0 N–H and O–H groups in total. The van der Waals surface area contributed by atoms with E-state index in [1.807, 2.05) is 0 Å². The van der Waals surface area contributed by atoms with Gasteiger partial charge in [-0.1, -0.05) is 134 Å². The fourth-order valence-electron chi connectivity index (χ4n) is 9.97. The third kappa shape index (κ3) is 4.61. The van der Waals surface area contributed by atoms with Crippen molar-refractivity contribution < 1.29 is 0 Å². The minimum Gasteiger partial charge on any atom is -0.334 e. The van der Waals surface area contributed by atoms with E-state index in [2.05, 4.69) is 192 Å². The molecule has 3 aliphatic rings. The van der Waals surface area contributed by atoms with Crippen LogP contribution >= 0.6 is 0 Å². The summed E-state index contributed by atoms with van der Waals surface area (Å²) >= 11 is 0. The van der Waals surface area contributed by atoms with Crippen molar-refractivity contribution >= 4 is 82.7 Å². The topological polar surface area (TPSA) is 8.17 Å². The summed E-state index contributed by atoms with van der Waals surface area (Å²) < 4.78 is 2.48. The highest BCUT2D eigenvalue weighted by atomic mass is 15.2. The number of rotatable bonds is 4. The lowest BCUT2D eigenvalue weighted by atomic mass is 9.90. The number of benzene rings is 8. The van der Waals surface area contributed by atoms with Gasteiger partial charge in [-0.3, -0.25) is 0 Å². The lowest BCUT2D eigenvalue weighted by molar-refractivity contribution is 0.717. The molecule has 0 fully saturated rings. The van der Waals surface area contributed by atoms with Crippen molar-refractivity contribution in [1.82, 2.24) is 4.57 Å².